The van der Waals surface area contributed by atoms with Crippen LogP contribution in [-0.2, 0) is 0 Å². The van der Waals surface area contributed by atoms with Crippen LogP contribution in [0.25, 0.3) is 22.6 Å². The van der Waals surface area contributed by atoms with Crippen LogP contribution in [0.4, 0.5) is 5.69 Å². The summed E-state index contributed by atoms with van der Waals surface area (Å²) in [5, 5.41) is 17.6. The maximum absolute atomic E-state index is 11.0. The van der Waals surface area contributed by atoms with Gasteiger partial charge in [-0.2, -0.15) is 5.10 Å². The molecule has 4 aromatic rings. The number of nitro groups is 1. The Hall–Kier alpha value is -3.98. The van der Waals surface area contributed by atoms with Gasteiger partial charge in [-0.25, -0.2) is 4.68 Å². The fraction of sp³-hybridized carbons (Fsp3) is 0.130. The number of thiazole rings is 1. The van der Waals surface area contributed by atoms with Crippen molar-refractivity contribution in [1.29, 1.82) is 0 Å². The van der Waals surface area contributed by atoms with E-state index in [0.29, 0.717) is 23.6 Å². The Bertz CT molecular complexity index is 1330. The molecular formula is C23H20N4O4S. The lowest BCUT2D eigenvalue weighted by atomic mass is 10.1. The lowest BCUT2D eigenvalue weighted by molar-refractivity contribution is -0.384. The summed E-state index contributed by atoms with van der Waals surface area (Å²) < 4.78 is 12.9. The first kappa shape index (κ1) is 21.3. The molecule has 9 heteroatoms. The summed E-state index contributed by atoms with van der Waals surface area (Å²) >= 11 is 1.50. The Morgan fingerprint density at radius 1 is 1.16 bits per heavy atom. The van der Waals surface area contributed by atoms with Gasteiger partial charge in [0.15, 0.2) is 0 Å². The third-order valence-corrected chi connectivity index (χ3v) is 5.49. The molecule has 2 heterocycles. The molecule has 0 unspecified atom stereocenters. The second-order valence-electron chi connectivity index (χ2n) is 6.67. The van der Waals surface area contributed by atoms with E-state index in [2.05, 4.69) is 10.1 Å². The van der Waals surface area contributed by atoms with Crippen molar-refractivity contribution in [3.63, 3.8) is 0 Å². The number of rotatable bonds is 7. The molecule has 0 atom stereocenters. The number of non-ortho nitro benzene ring substituents is 1. The molecule has 8 nitrogen and oxygen atoms in total. The molecule has 0 spiro atoms. The zero-order chi connectivity index (χ0) is 22.5. The number of furan rings is 1. The van der Waals surface area contributed by atoms with Crippen LogP contribution in [0.5, 0.6) is 5.75 Å². The van der Waals surface area contributed by atoms with E-state index in [1.54, 1.807) is 42.3 Å². The quantitative estimate of drug-likeness (QED) is 0.221. The van der Waals surface area contributed by atoms with Crippen molar-refractivity contribution < 1.29 is 14.1 Å². The topological polar surface area (TPSA) is 95.2 Å². The molecule has 0 aliphatic heterocycles. The number of nitrogens with zero attached hydrogens (tertiary/aromatic N) is 4. The molecule has 0 aliphatic rings. The van der Waals surface area contributed by atoms with Crippen LogP contribution in [0.15, 0.2) is 80.6 Å². The number of benzene rings is 2. The molecule has 162 valence electrons. The molecule has 2 aromatic carbocycles. The van der Waals surface area contributed by atoms with Crippen LogP contribution >= 0.6 is 11.3 Å². The summed E-state index contributed by atoms with van der Waals surface area (Å²) in [5.41, 5.74) is 2.51. The second kappa shape index (κ2) is 9.44. The van der Waals surface area contributed by atoms with Crippen molar-refractivity contribution in [2.75, 3.05) is 13.7 Å². The van der Waals surface area contributed by atoms with E-state index in [1.807, 2.05) is 36.6 Å². The summed E-state index contributed by atoms with van der Waals surface area (Å²) in [6.07, 6.45) is 1.61. The van der Waals surface area contributed by atoms with E-state index in [4.69, 9.17) is 9.15 Å². The molecule has 0 aliphatic carbocycles. The third-order valence-electron chi connectivity index (χ3n) is 4.63. The molecule has 2 aromatic heterocycles. The fourth-order valence-corrected chi connectivity index (χ4v) is 3.98. The standard InChI is InChI=1S/C23H20N4O4S/c1-3-24-23-26(21(15-32-23)16-7-9-19(30-2)10-8-16)25-14-20-11-12-22(31-20)17-5-4-6-18(13-17)27(28)29/h4-15H,3H2,1-2H3/b24-23?,25-14+. The first-order chi connectivity index (χ1) is 15.6. The largest absolute Gasteiger partial charge is 0.497 e. The van der Waals surface area contributed by atoms with Crippen molar-refractivity contribution in [2.45, 2.75) is 6.92 Å². The van der Waals surface area contributed by atoms with Gasteiger partial charge in [-0.1, -0.05) is 12.1 Å². The normalized spacial score (nSPS) is 11.9. The highest BCUT2D eigenvalue weighted by Gasteiger charge is 2.11. The van der Waals surface area contributed by atoms with E-state index < -0.39 is 4.92 Å². The molecule has 4 rings (SSSR count). The smallest absolute Gasteiger partial charge is 0.270 e. The molecule has 0 bridgehead atoms. The van der Waals surface area contributed by atoms with E-state index in [-0.39, 0.29) is 5.69 Å². The van der Waals surface area contributed by atoms with Crippen molar-refractivity contribution in [3.8, 4) is 28.3 Å². The minimum Gasteiger partial charge on any atom is -0.497 e. The molecule has 0 amide bonds. The molecule has 0 radical (unpaired) electrons. The van der Waals surface area contributed by atoms with Crippen LogP contribution < -0.4 is 9.54 Å². The van der Waals surface area contributed by atoms with Crippen molar-refractivity contribution in [2.24, 2.45) is 10.1 Å². The molecule has 0 saturated heterocycles. The summed E-state index contributed by atoms with van der Waals surface area (Å²) in [6.45, 7) is 2.61. The summed E-state index contributed by atoms with van der Waals surface area (Å²) in [7, 11) is 1.63. The monoisotopic (exact) mass is 448 g/mol. The number of aromatic nitrogens is 1. The van der Waals surface area contributed by atoms with Gasteiger partial charge in [0.1, 0.15) is 17.3 Å². The first-order valence-electron chi connectivity index (χ1n) is 9.83. The maximum Gasteiger partial charge on any atom is 0.270 e. The highest BCUT2D eigenvalue weighted by molar-refractivity contribution is 7.07. The lowest BCUT2D eigenvalue weighted by Gasteiger charge is -2.04. The lowest BCUT2D eigenvalue weighted by Crippen LogP contribution is -2.12. The van der Waals surface area contributed by atoms with Crippen molar-refractivity contribution in [3.05, 3.63) is 86.7 Å². The Kier molecular flexibility index (Phi) is 6.27. The van der Waals surface area contributed by atoms with E-state index in [0.717, 1.165) is 21.8 Å². The summed E-state index contributed by atoms with van der Waals surface area (Å²) in [4.78, 5) is 15.9. The van der Waals surface area contributed by atoms with Gasteiger partial charge < -0.3 is 9.15 Å². The summed E-state index contributed by atoms with van der Waals surface area (Å²) in [6, 6.07) is 17.6. The van der Waals surface area contributed by atoms with Gasteiger partial charge >= 0.3 is 0 Å². The van der Waals surface area contributed by atoms with Crippen LogP contribution in [0.3, 0.4) is 0 Å². The Balaban J connectivity index is 1.66. The molecular weight excluding hydrogens is 428 g/mol. The number of ether oxygens (including phenoxy) is 1. The van der Waals surface area contributed by atoms with Crippen LogP contribution in [-0.4, -0.2) is 29.5 Å². The number of nitro benzene ring substituents is 1. The SMILES string of the molecule is CCN=c1scc(-c2ccc(OC)cc2)n1/N=C/c1ccc(-c2cccc([N+](=O)[O-])c2)o1. The highest BCUT2D eigenvalue weighted by atomic mass is 32.1. The first-order valence-corrected chi connectivity index (χ1v) is 10.7. The zero-order valence-electron chi connectivity index (χ0n) is 17.5. The predicted octanol–water partition coefficient (Wildman–Crippen LogP) is 5.20. The Morgan fingerprint density at radius 2 is 1.97 bits per heavy atom. The van der Waals surface area contributed by atoms with Crippen molar-refractivity contribution in [1.82, 2.24) is 4.68 Å². The fourth-order valence-electron chi connectivity index (χ4n) is 3.08. The predicted molar refractivity (Wildman–Crippen MR) is 124 cm³/mol. The van der Waals surface area contributed by atoms with Gasteiger partial charge in [-0.3, -0.25) is 15.1 Å². The minimum atomic E-state index is -0.429. The molecule has 0 N–H and O–H groups in total. The molecule has 0 saturated carbocycles. The molecule has 32 heavy (non-hydrogen) atoms. The number of hydrogen-bond acceptors (Lipinski definition) is 7. The average molecular weight is 449 g/mol. The average Bonchev–Trinajstić information content (AvgIpc) is 3.45. The van der Waals surface area contributed by atoms with Crippen LogP contribution in [0.1, 0.15) is 12.7 Å². The maximum atomic E-state index is 11.0. The van der Waals surface area contributed by atoms with E-state index in [1.165, 1.54) is 23.5 Å². The zero-order valence-corrected chi connectivity index (χ0v) is 18.3. The Labute approximate surface area is 187 Å². The summed E-state index contributed by atoms with van der Waals surface area (Å²) in [5.74, 6) is 1.83. The third kappa shape index (κ3) is 4.52. The van der Waals surface area contributed by atoms with Crippen LogP contribution in [0, 0.1) is 10.1 Å². The molecule has 0 fully saturated rings. The Morgan fingerprint density at radius 3 is 2.69 bits per heavy atom. The second-order valence-corrected chi connectivity index (χ2v) is 7.51. The van der Waals surface area contributed by atoms with Gasteiger partial charge in [0.2, 0.25) is 4.80 Å². The number of methoxy groups -OCH3 is 1. The van der Waals surface area contributed by atoms with Gasteiger partial charge in [0, 0.05) is 35.2 Å². The minimum absolute atomic E-state index is 0.0119. The highest BCUT2D eigenvalue weighted by Crippen LogP contribution is 2.26. The van der Waals surface area contributed by atoms with E-state index in [9.17, 15) is 10.1 Å². The van der Waals surface area contributed by atoms with Gasteiger partial charge in [-0.15, -0.1) is 11.3 Å². The van der Waals surface area contributed by atoms with Crippen molar-refractivity contribution >= 4 is 23.2 Å². The van der Waals surface area contributed by atoms with Gasteiger partial charge in [-0.05, 0) is 43.3 Å². The number of hydrogen-bond donors (Lipinski definition) is 0. The van der Waals surface area contributed by atoms with Gasteiger partial charge in [0.25, 0.3) is 5.69 Å². The van der Waals surface area contributed by atoms with Gasteiger partial charge in [0.05, 0.1) is 23.9 Å². The van der Waals surface area contributed by atoms with Crippen LogP contribution in [0.2, 0.25) is 0 Å². The van der Waals surface area contributed by atoms with E-state index >= 15 is 0 Å².